The highest BCUT2D eigenvalue weighted by molar-refractivity contribution is 7.72. The van der Waals surface area contributed by atoms with Gasteiger partial charge < -0.3 is 23.4 Å². The van der Waals surface area contributed by atoms with E-state index in [2.05, 4.69) is 10.3 Å². The molecule has 2 rings (SSSR count). The Morgan fingerprint density at radius 2 is 1.36 bits per heavy atom. The SMILES string of the molecule is CCOP(=O)(OCC)C(Nc1cccc2cccnc12)P(=O)(OCC)OCC. The van der Waals surface area contributed by atoms with E-state index in [1.807, 2.05) is 24.3 Å². The van der Waals surface area contributed by atoms with Crippen molar-refractivity contribution in [3.8, 4) is 0 Å². The average Bonchev–Trinajstić information content (AvgIpc) is 2.66. The molecule has 1 aromatic heterocycles. The highest BCUT2D eigenvalue weighted by atomic mass is 31.2. The van der Waals surface area contributed by atoms with Crippen LogP contribution in [0.1, 0.15) is 27.7 Å². The molecular formula is C18H28N2O6P2. The molecule has 0 spiro atoms. The molecule has 1 heterocycles. The van der Waals surface area contributed by atoms with Gasteiger partial charge in [0.05, 0.1) is 37.6 Å². The van der Waals surface area contributed by atoms with Gasteiger partial charge in [0.15, 0.2) is 0 Å². The van der Waals surface area contributed by atoms with Crippen LogP contribution in [-0.2, 0) is 27.2 Å². The molecule has 0 aliphatic rings. The van der Waals surface area contributed by atoms with E-state index in [9.17, 15) is 9.13 Å². The number of hydrogen-bond donors (Lipinski definition) is 1. The van der Waals surface area contributed by atoms with Gasteiger partial charge in [0.1, 0.15) is 0 Å². The molecule has 8 nitrogen and oxygen atoms in total. The van der Waals surface area contributed by atoms with Crippen molar-refractivity contribution in [2.45, 2.75) is 33.2 Å². The Kier molecular flexibility index (Phi) is 8.62. The van der Waals surface area contributed by atoms with Gasteiger partial charge in [-0.25, -0.2) is 0 Å². The van der Waals surface area contributed by atoms with Crippen molar-refractivity contribution in [2.24, 2.45) is 0 Å². The summed E-state index contributed by atoms with van der Waals surface area (Å²) in [5.74, 6) is 0. The van der Waals surface area contributed by atoms with E-state index in [1.54, 1.807) is 40.0 Å². The van der Waals surface area contributed by atoms with Crippen molar-refractivity contribution >= 4 is 31.8 Å². The molecule has 0 saturated carbocycles. The lowest BCUT2D eigenvalue weighted by Crippen LogP contribution is -2.25. The first kappa shape index (κ1) is 23.0. The third-order valence-electron chi connectivity index (χ3n) is 3.75. The topological polar surface area (TPSA) is 96.0 Å². The van der Waals surface area contributed by atoms with Crippen molar-refractivity contribution in [1.82, 2.24) is 4.98 Å². The van der Waals surface area contributed by atoms with Gasteiger partial charge in [0.2, 0.25) is 5.52 Å². The van der Waals surface area contributed by atoms with Crippen LogP contribution in [0.5, 0.6) is 0 Å². The van der Waals surface area contributed by atoms with Gasteiger partial charge in [0, 0.05) is 11.6 Å². The summed E-state index contributed by atoms with van der Waals surface area (Å²) in [5.41, 5.74) is -0.177. The number of anilines is 1. The zero-order chi connectivity index (χ0) is 20.6. The lowest BCUT2D eigenvalue weighted by molar-refractivity contribution is 0.198. The van der Waals surface area contributed by atoms with Crippen LogP contribution in [0.2, 0.25) is 0 Å². The fraction of sp³-hybridized carbons (Fsp3) is 0.500. The highest BCUT2D eigenvalue weighted by Gasteiger charge is 2.51. The molecule has 0 radical (unpaired) electrons. The molecule has 156 valence electrons. The Hall–Kier alpha value is -1.27. The summed E-state index contributed by atoms with van der Waals surface area (Å²) in [7, 11) is -7.81. The number of para-hydroxylation sites is 1. The molecule has 1 aromatic carbocycles. The van der Waals surface area contributed by atoms with E-state index in [-0.39, 0.29) is 26.4 Å². The van der Waals surface area contributed by atoms with Crippen molar-refractivity contribution in [2.75, 3.05) is 31.7 Å². The molecule has 0 fully saturated rings. The van der Waals surface area contributed by atoms with Crippen LogP contribution in [0.4, 0.5) is 5.69 Å². The molecule has 1 N–H and O–H groups in total. The molecule has 0 amide bonds. The van der Waals surface area contributed by atoms with Crippen LogP contribution in [0, 0.1) is 0 Å². The molecule has 28 heavy (non-hydrogen) atoms. The Balaban J connectivity index is 2.59. The second-order valence-corrected chi connectivity index (χ2v) is 10.3. The fourth-order valence-corrected chi connectivity index (χ4v) is 7.70. The zero-order valence-corrected chi connectivity index (χ0v) is 18.4. The van der Waals surface area contributed by atoms with E-state index in [0.29, 0.717) is 11.2 Å². The number of pyridine rings is 1. The molecule has 0 saturated heterocycles. The van der Waals surface area contributed by atoms with Crippen molar-refractivity contribution < 1.29 is 27.2 Å². The van der Waals surface area contributed by atoms with Crippen LogP contribution in [0.25, 0.3) is 10.9 Å². The number of hydrogen-bond acceptors (Lipinski definition) is 8. The van der Waals surface area contributed by atoms with E-state index in [4.69, 9.17) is 18.1 Å². The smallest absolute Gasteiger partial charge is 0.360 e. The standard InChI is InChI=1S/C18H28N2O6P2/c1-5-23-27(21,24-6-2)18(28(22,25-7-3)26-8-4)20-16-13-9-11-15-12-10-14-19-17(15)16/h9-14,18,20H,5-8H2,1-4H3. The number of benzene rings is 1. The largest absolute Gasteiger partial charge is 0.365 e. The summed E-state index contributed by atoms with van der Waals surface area (Å²) in [5, 5.41) is 3.93. The van der Waals surface area contributed by atoms with Gasteiger partial charge in [-0.15, -0.1) is 0 Å². The first-order valence-corrected chi connectivity index (χ1v) is 12.5. The zero-order valence-electron chi connectivity index (χ0n) is 16.7. The minimum atomic E-state index is -3.91. The van der Waals surface area contributed by atoms with Crippen LogP contribution < -0.4 is 5.32 Å². The lowest BCUT2D eigenvalue weighted by atomic mass is 10.2. The van der Waals surface area contributed by atoms with Gasteiger partial charge in [-0.2, -0.15) is 0 Å². The van der Waals surface area contributed by atoms with Gasteiger partial charge in [-0.3, -0.25) is 14.1 Å². The first-order valence-electron chi connectivity index (χ1n) is 9.31. The van der Waals surface area contributed by atoms with Gasteiger partial charge in [-0.1, -0.05) is 18.2 Å². The first-order chi connectivity index (χ1) is 13.4. The van der Waals surface area contributed by atoms with Crippen LogP contribution >= 0.6 is 15.2 Å². The summed E-state index contributed by atoms with van der Waals surface area (Å²) in [6.07, 6.45) is 1.65. The predicted molar refractivity (Wildman–Crippen MR) is 111 cm³/mol. The van der Waals surface area contributed by atoms with Crippen LogP contribution in [-0.4, -0.2) is 36.9 Å². The van der Waals surface area contributed by atoms with E-state index < -0.39 is 20.7 Å². The molecular weight excluding hydrogens is 402 g/mol. The molecule has 10 heteroatoms. The third-order valence-corrected chi connectivity index (χ3v) is 9.38. The van der Waals surface area contributed by atoms with Crippen LogP contribution in [0.15, 0.2) is 36.5 Å². The third kappa shape index (κ3) is 5.20. The number of rotatable bonds is 12. The van der Waals surface area contributed by atoms with Crippen molar-refractivity contribution in [1.29, 1.82) is 0 Å². The van der Waals surface area contributed by atoms with Crippen molar-refractivity contribution in [3.63, 3.8) is 0 Å². The second-order valence-electron chi connectivity index (χ2n) is 5.65. The normalized spacial score (nSPS) is 12.6. The van der Waals surface area contributed by atoms with Gasteiger partial charge in [-0.05, 0) is 39.8 Å². The summed E-state index contributed by atoms with van der Waals surface area (Å²) in [6, 6.07) is 9.20. The van der Waals surface area contributed by atoms with Gasteiger partial charge >= 0.3 is 15.2 Å². The summed E-state index contributed by atoms with van der Waals surface area (Å²) in [4.78, 5) is 4.38. The Morgan fingerprint density at radius 1 is 0.857 bits per heavy atom. The average molecular weight is 430 g/mol. The number of nitrogens with one attached hydrogen (secondary N) is 1. The highest BCUT2D eigenvalue weighted by Crippen LogP contribution is 2.70. The monoisotopic (exact) mass is 430 g/mol. The quantitative estimate of drug-likeness (QED) is 0.443. The summed E-state index contributed by atoms with van der Waals surface area (Å²) < 4.78 is 49.1. The minimum absolute atomic E-state index is 0.113. The Bertz CT molecular complexity index is 808. The lowest BCUT2D eigenvalue weighted by Gasteiger charge is -2.32. The van der Waals surface area contributed by atoms with Crippen molar-refractivity contribution in [3.05, 3.63) is 36.5 Å². The number of nitrogens with zero attached hydrogens (tertiary/aromatic N) is 1. The summed E-state index contributed by atoms with van der Waals surface area (Å²) in [6.45, 7) is 7.21. The van der Waals surface area contributed by atoms with E-state index >= 15 is 0 Å². The number of fused-ring (bicyclic) bond motifs is 1. The molecule has 0 aliphatic heterocycles. The maximum Gasteiger partial charge on any atom is 0.365 e. The maximum absolute atomic E-state index is 13.6. The fourth-order valence-electron chi connectivity index (χ4n) is 2.77. The minimum Gasteiger partial charge on any atom is -0.360 e. The molecule has 0 bridgehead atoms. The molecule has 0 aliphatic carbocycles. The Labute approximate surface area is 166 Å². The summed E-state index contributed by atoms with van der Waals surface area (Å²) >= 11 is 0. The Morgan fingerprint density at radius 3 is 1.86 bits per heavy atom. The number of aromatic nitrogens is 1. The van der Waals surface area contributed by atoms with Crippen LogP contribution in [0.3, 0.4) is 0 Å². The van der Waals surface area contributed by atoms with E-state index in [1.165, 1.54) is 0 Å². The molecule has 2 aromatic rings. The second kappa shape index (κ2) is 10.5. The van der Waals surface area contributed by atoms with E-state index in [0.717, 1.165) is 5.39 Å². The molecule has 0 atom stereocenters. The van der Waals surface area contributed by atoms with Gasteiger partial charge in [0.25, 0.3) is 0 Å². The molecule has 0 unspecified atom stereocenters. The maximum atomic E-state index is 13.6. The predicted octanol–water partition coefficient (Wildman–Crippen LogP) is 5.46.